The highest BCUT2D eigenvalue weighted by Crippen LogP contribution is 2.22. The molecule has 0 aliphatic rings. The van der Waals surface area contributed by atoms with E-state index in [1.807, 2.05) is 12.1 Å². The van der Waals surface area contributed by atoms with E-state index in [0.29, 0.717) is 22.6 Å². The molecule has 9 heteroatoms. The highest BCUT2D eigenvalue weighted by atomic mass is 16.5. The van der Waals surface area contributed by atoms with Crippen molar-refractivity contribution in [2.75, 3.05) is 6.61 Å². The molecule has 0 unspecified atom stereocenters. The van der Waals surface area contributed by atoms with Crippen LogP contribution in [0, 0.1) is 13.8 Å². The Hall–Kier alpha value is -3.62. The number of carbonyl (C=O) groups excluding carboxylic acids is 3. The summed E-state index contributed by atoms with van der Waals surface area (Å²) in [6.07, 6.45) is 1.31. The number of esters is 1. The summed E-state index contributed by atoms with van der Waals surface area (Å²) in [5.41, 5.74) is 3.39. The molecule has 2 amide bonds. The van der Waals surface area contributed by atoms with Gasteiger partial charge in [-0.25, -0.2) is 9.50 Å². The number of imide groups is 1. The quantitative estimate of drug-likeness (QED) is 0.625. The third-order valence-corrected chi connectivity index (χ3v) is 4.94. The number of hydrogen-bond acceptors (Lipinski definition) is 7. The molecule has 31 heavy (non-hydrogen) atoms. The summed E-state index contributed by atoms with van der Waals surface area (Å²) in [7, 11) is 0. The normalized spacial score (nSPS) is 11.4. The van der Waals surface area contributed by atoms with Crippen LogP contribution in [0.5, 0.6) is 0 Å². The first-order valence-electron chi connectivity index (χ1n) is 9.82. The smallest absolute Gasteiger partial charge is 0.310 e. The number of aryl methyl sites for hydroxylation is 2. The molecule has 0 bridgehead atoms. The Bertz CT molecular complexity index is 1140. The molecule has 0 atom stereocenters. The van der Waals surface area contributed by atoms with E-state index in [1.54, 1.807) is 26.0 Å². The second kappa shape index (κ2) is 8.63. The fourth-order valence-electron chi connectivity index (χ4n) is 3.11. The third-order valence-electron chi connectivity index (χ3n) is 4.94. The molecule has 3 aromatic rings. The predicted octanol–water partition coefficient (Wildman–Crippen LogP) is 2.08. The zero-order valence-electron chi connectivity index (χ0n) is 18.2. The van der Waals surface area contributed by atoms with Crippen LogP contribution in [0.1, 0.15) is 53.6 Å². The lowest BCUT2D eigenvalue weighted by Gasteiger charge is -2.19. The van der Waals surface area contributed by atoms with Crippen LogP contribution in [0.3, 0.4) is 0 Å². The second-order valence-corrected chi connectivity index (χ2v) is 8.28. The Morgan fingerprint density at radius 2 is 1.77 bits per heavy atom. The molecule has 0 aliphatic carbocycles. The van der Waals surface area contributed by atoms with Crippen molar-refractivity contribution in [1.29, 1.82) is 0 Å². The maximum atomic E-state index is 12.2. The number of amides is 2. The van der Waals surface area contributed by atoms with Gasteiger partial charge in [0.15, 0.2) is 6.61 Å². The minimum Gasteiger partial charge on any atom is -0.455 e. The molecule has 1 aromatic carbocycles. The fourth-order valence-corrected chi connectivity index (χ4v) is 3.11. The molecule has 0 aliphatic heterocycles. The molecular formula is C22H25N5O4. The highest BCUT2D eigenvalue weighted by molar-refractivity contribution is 6.05. The van der Waals surface area contributed by atoms with E-state index in [1.165, 1.54) is 10.8 Å². The maximum Gasteiger partial charge on any atom is 0.310 e. The van der Waals surface area contributed by atoms with Gasteiger partial charge in [-0.05, 0) is 37.0 Å². The van der Waals surface area contributed by atoms with Crippen molar-refractivity contribution in [2.45, 2.75) is 46.5 Å². The molecular weight excluding hydrogens is 398 g/mol. The van der Waals surface area contributed by atoms with Gasteiger partial charge in [0.1, 0.15) is 6.33 Å². The van der Waals surface area contributed by atoms with Gasteiger partial charge in [-0.15, -0.1) is 0 Å². The Balaban J connectivity index is 1.55. The summed E-state index contributed by atoms with van der Waals surface area (Å²) in [6.45, 7) is 9.23. The van der Waals surface area contributed by atoms with E-state index < -0.39 is 24.4 Å². The summed E-state index contributed by atoms with van der Waals surface area (Å²) in [6, 6.07) is 7.02. The average molecular weight is 423 g/mol. The number of hydrogen-bond donors (Lipinski definition) is 1. The zero-order chi connectivity index (χ0) is 22.8. The molecule has 0 saturated heterocycles. The van der Waals surface area contributed by atoms with Crippen LogP contribution in [0.4, 0.5) is 0 Å². The van der Waals surface area contributed by atoms with Gasteiger partial charge < -0.3 is 4.74 Å². The van der Waals surface area contributed by atoms with E-state index in [2.05, 4.69) is 41.2 Å². The summed E-state index contributed by atoms with van der Waals surface area (Å²) < 4.78 is 6.57. The number of fused-ring (bicyclic) bond motifs is 1. The second-order valence-electron chi connectivity index (χ2n) is 8.28. The van der Waals surface area contributed by atoms with E-state index >= 15 is 0 Å². The van der Waals surface area contributed by atoms with Gasteiger partial charge in [-0.3, -0.25) is 19.7 Å². The molecule has 0 fully saturated rings. The molecule has 3 rings (SSSR count). The van der Waals surface area contributed by atoms with Gasteiger partial charge in [-0.2, -0.15) is 10.1 Å². The largest absolute Gasteiger partial charge is 0.455 e. The Morgan fingerprint density at radius 1 is 1.10 bits per heavy atom. The van der Waals surface area contributed by atoms with Gasteiger partial charge in [-0.1, -0.05) is 32.9 Å². The number of nitrogens with one attached hydrogen (secondary N) is 1. The van der Waals surface area contributed by atoms with Crippen LogP contribution in [0.25, 0.3) is 5.78 Å². The number of benzene rings is 1. The van der Waals surface area contributed by atoms with Crippen LogP contribution in [0.15, 0.2) is 30.6 Å². The van der Waals surface area contributed by atoms with Crippen molar-refractivity contribution < 1.29 is 19.1 Å². The van der Waals surface area contributed by atoms with Gasteiger partial charge in [0, 0.05) is 22.5 Å². The van der Waals surface area contributed by atoms with E-state index in [0.717, 1.165) is 11.3 Å². The highest BCUT2D eigenvalue weighted by Gasteiger charge is 2.18. The van der Waals surface area contributed by atoms with Crippen molar-refractivity contribution >= 4 is 23.6 Å². The van der Waals surface area contributed by atoms with Gasteiger partial charge >= 0.3 is 5.97 Å². The maximum absolute atomic E-state index is 12.2. The number of rotatable bonds is 5. The van der Waals surface area contributed by atoms with E-state index in [9.17, 15) is 14.4 Å². The number of aromatic nitrogens is 4. The molecule has 2 aromatic heterocycles. The lowest BCUT2D eigenvalue weighted by molar-refractivity contribution is -0.147. The Kier molecular flexibility index (Phi) is 6.14. The monoisotopic (exact) mass is 423 g/mol. The molecule has 0 saturated carbocycles. The first-order chi connectivity index (χ1) is 14.6. The van der Waals surface area contributed by atoms with Crippen molar-refractivity contribution in [1.82, 2.24) is 24.9 Å². The van der Waals surface area contributed by atoms with Crippen molar-refractivity contribution in [3.63, 3.8) is 0 Å². The lowest BCUT2D eigenvalue weighted by Crippen LogP contribution is -2.34. The van der Waals surface area contributed by atoms with Crippen LogP contribution in [-0.2, 0) is 26.2 Å². The fraction of sp³-hybridized carbons (Fsp3) is 0.364. The van der Waals surface area contributed by atoms with Crippen LogP contribution in [0.2, 0.25) is 0 Å². The summed E-state index contributed by atoms with van der Waals surface area (Å²) in [5, 5.41) is 6.30. The summed E-state index contributed by atoms with van der Waals surface area (Å²) in [5.74, 6) is -1.41. The first-order valence-corrected chi connectivity index (χ1v) is 9.82. The predicted molar refractivity (Wildman–Crippen MR) is 113 cm³/mol. The van der Waals surface area contributed by atoms with Crippen LogP contribution >= 0.6 is 0 Å². The molecule has 2 heterocycles. The summed E-state index contributed by atoms with van der Waals surface area (Å²) >= 11 is 0. The molecule has 9 nitrogen and oxygen atoms in total. The lowest BCUT2D eigenvalue weighted by atomic mass is 9.87. The number of carbonyl (C=O) groups is 3. The summed E-state index contributed by atoms with van der Waals surface area (Å²) in [4.78, 5) is 44.8. The SMILES string of the molecule is Cc1nc2ncnn2c(C)c1CC(=O)OCC(=O)NC(=O)c1ccc(C(C)(C)C)cc1. The standard InChI is InChI=1S/C22H25N5O4/c1-13-17(14(2)27-21(25-13)23-12-24-27)10-19(29)31-11-18(28)26-20(30)15-6-8-16(9-7-15)22(3,4)5/h6-9,12H,10-11H2,1-5H3,(H,26,28,30). The Labute approximate surface area is 179 Å². The minimum absolute atomic E-state index is 0.0380. The van der Waals surface area contributed by atoms with Gasteiger partial charge in [0.2, 0.25) is 0 Å². The van der Waals surface area contributed by atoms with Crippen molar-refractivity contribution in [2.24, 2.45) is 0 Å². The van der Waals surface area contributed by atoms with Crippen LogP contribution < -0.4 is 5.32 Å². The average Bonchev–Trinajstić information content (AvgIpc) is 3.17. The van der Waals surface area contributed by atoms with E-state index in [-0.39, 0.29) is 11.8 Å². The van der Waals surface area contributed by atoms with E-state index in [4.69, 9.17) is 4.74 Å². The van der Waals surface area contributed by atoms with Gasteiger partial charge in [0.25, 0.3) is 17.6 Å². The molecule has 0 spiro atoms. The van der Waals surface area contributed by atoms with Crippen LogP contribution in [-0.4, -0.2) is 44.0 Å². The number of ether oxygens (including phenoxy) is 1. The molecule has 1 N–H and O–H groups in total. The third kappa shape index (κ3) is 5.11. The zero-order valence-corrected chi connectivity index (χ0v) is 18.2. The van der Waals surface area contributed by atoms with Crippen molar-refractivity contribution in [3.05, 3.63) is 58.7 Å². The molecule has 162 valence electrons. The Morgan fingerprint density at radius 3 is 2.42 bits per heavy atom. The first kappa shape index (κ1) is 22.1. The minimum atomic E-state index is -0.698. The van der Waals surface area contributed by atoms with Crippen molar-refractivity contribution in [3.8, 4) is 0 Å². The molecule has 0 radical (unpaired) electrons. The number of nitrogens with zero attached hydrogens (tertiary/aromatic N) is 4. The van der Waals surface area contributed by atoms with Gasteiger partial charge in [0.05, 0.1) is 6.42 Å². The topological polar surface area (TPSA) is 116 Å².